The van der Waals surface area contributed by atoms with E-state index in [0.29, 0.717) is 18.7 Å². The van der Waals surface area contributed by atoms with Gasteiger partial charge in [-0.1, -0.05) is 6.07 Å². The Balaban J connectivity index is 1.54. The molecule has 142 valence electrons. The van der Waals surface area contributed by atoms with Crippen molar-refractivity contribution in [1.82, 2.24) is 14.9 Å². The van der Waals surface area contributed by atoms with Gasteiger partial charge in [0.05, 0.1) is 11.3 Å². The summed E-state index contributed by atoms with van der Waals surface area (Å²) in [5, 5.41) is 0. The van der Waals surface area contributed by atoms with Crippen molar-refractivity contribution in [2.75, 3.05) is 13.1 Å². The Morgan fingerprint density at radius 1 is 1.11 bits per heavy atom. The number of rotatable bonds is 3. The van der Waals surface area contributed by atoms with E-state index in [1.807, 2.05) is 23.1 Å². The van der Waals surface area contributed by atoms with E-state index in [4.69, 9.17) is 4.98 Å². The zero-order valence-corrected chi connectivity index (χ0v) is 15.3. The van der Waals surface area contributed by atoms with Crippen molar-refractivity contribution in [3.05, 3.63) is 88.2 Å². The summed E-state index contributed by atoms with van der Waals surface area (Å²) < 4.78 is 13.2. The van der Waals surface area contributed by atoms with Gasteiger partial charge in [0.1, 0.15) is 5.82 Å². The lowest BCUT2D eigenvalue weighted by molar-refractivity contribution is 0.0705. The summed E-state index contributed by atoms with van der Waals surface area (Å²) >= 11 is 0. The number of nitrogens with zero attached hydrogens (tertiary/aromatic N) is 2. The SMILES string of the molecule is O=C(c1ccc(=O)[nH]c1)N1CCC[C@@H](c2cccc(-c3ccc(F)cc3)n2)C1. The van der Waals surface area contributed by atoms with Crippen molar-refractivity contribution < 1.29 is 9.18 Å². The normalized spacial score (nSPS) is 16.8. The van der Waals surface area contributed by atoms with Crippen LogP contribution in [0.5, 0.6) is 0 Å². The molecule has 3 heterocycles. The highest BCUT2D eigenvalue weighted by atomic mass is 19.1. The second-order valence-corrected chi connectivity index (χ2v) is 6.99. The molecule has 1 atom stereocenters. The highest BCUT2D eigenvalue weighted by Gasteiger charge is 2.26. The molecule has 1 aliphatic rings. The number of pyridine rings is 2. The molecule has 4 rings (SSSR count). The maximum Gasteiger partial charge on any atom is 0.255 e. The quantitative estimate of drug-likeness (QED) is 0.758. The standard InChI is InChI=1S/C22H20FN3O2/c23-18-9-6-15(7-10-18)19-4-1-5-20(25-19)17-3-2-12-26(14-17)22(28)16-8-11-21(27)24-13-16/h1,4-11,13,17H,2-3,12,14H2,(H,24,27)/t17-/m1/s1. The summed E-state index contributed by atoms with van der Waals surface area (Å²) in [6, 6.07) is 15.0. The predicted octanol–water partition coefficient (Wildman–Crippen LogP) is 3.60. The van der Waals surface area contributed by atoms with Crippen LogP contribution in [0.25, 0.3) is 11.3 Å². The van der Waals surface area contributed by atoms with Crippen molar-refractivity contribution >= 4 is 5.91 Å². The number of halogens is 1. The average Bonchev–Trinajstić information content (AvgIpc) is 2.74. The highest BCUT2D eigenvalue weighted by molar-refractivity contribution is 5.94. The van der Waals surface area contributed by atoms with Crippen LogP contribution < -0.4 is 5.56 Å². The number of nitrogens with one attached hydrogen (secondary N) is 1. The van der Waals surface area contributed by atoms with Crippen molar-refractivity contribution in [1.29, 1.82) is 0 Å². The third-order valence-corrected chi connectivity index (χ3v) is 5.07. The van der Waals surface area contributed by atoms with E-state index < -0.39 is 0 Å². The number of hydrogen-bond acceptors (Lipinski definition) is 3. The van der Waals surface area contributed by atoms with Gasteiger partial charge in [0.2, 0.25) is 5.56 Å². The minimum atomic E-state index is -0.274. The first-order valence-corrected chi connectivity index (χ1v) is 9.31. The fourth-order valence-corrected chi connectivity index (χ4v) is 3.59. The summed E-state index contributed by atoms with van der Waals surface area (Å²) in [4.78, 5) is 33.1. The number of carbonyl (C=O) groups is 1. The molecule has 1 N–H and O–H groups in total. The first-order chi connectivity index (χ1) is 13.6. The fraction of sp³-hybridized carbons (Fsp3) is 0.227. The molecule has 0 aliphatic carbocycles. The molecular formula is C22H20FN3O2. The number of carbonyl (C=O) groups excluding carboxylic acids is 1. The summed E-state index contributed by atoms with van der Waals surface area (Å²) in [5.41, 5.74) is 2.84. The maximum absolute atomic E-state index is 13.2. The van der Waals surface area contributed by atoms with Crippen molar-refractivity contribution in [2.24, 2.45) is 0 Å². The smallest absolute Gasteiger partial charge is 0.255 e. The van der Waals surface area contributed by atoms with Gasteiger partial charge >= 0.3 is 0 Å². The van der Waals surface area contributed by atoms with Gasteiger partial charge in [-0.15, -0.1) is 0 Å². The first kappa shape index (κ1) is 18.1. The molecule has 1 fully saturated rings. The molecule has 0 bridgehead atoms. The zero-order valence-electron chi connectivity index (χ0n) is 15.3. The molecule has 1 amide bonds. The van der Waals surface area contributed by atoms with Gasteiger partial charge in [-0.25, -0.2) is 4.39 Å². The largest absolute Gasteiger partial charge is 0.338 e. The Morgan fingerprint density at radius 2 is 1.93 bits per heavy atom. The molecule has 28 heavy (non-hydrogen) atoms. The summed E-state index contributed by atoms with van der Waals surface area (Å²) in [6.45, 7) is 1.27. The van der Waals surface area contributed by atoms with Crippen LogP contribution in [0.15, 0.2) is 65.6 Å². The summed E-state index contributed by atoms with van der Waals surface area (Å²) in [7, 11) is 0. The van der Waals surface area contributed by atoms with Crippen LogP contribution in [-0.2, 0) is 0 Å². The number of aromatic amines is 1. The van der Waals surface area contributed by atoms with Gasteiger partial charge in [-0.3, -0.25) is 14.6 Å². The molecule has 0 spiro atoms. The minimum absolute atomic E-state index is 0.0874. The van der Waals surface area contributed by atoms with Crippen molar-refractivity contribution in [2.45, 2.75) is 18.8 Å². The molecule has 0 unspecified atom stereocenters. The van der Waals surface area contributed by atoms with E-state index in [9.17, 15) is 14.0 Å². The number of hydrogen-bond donors (Lipinski definition) is 1. The number of H-pyrrole nitrogens is 1. The van der Waals surface area contributed by atoms with Gasteiger partial charge in [0.15, 0.2) is 0 Å². The Bertz CT molecular complexity index is 1030. The molecule has 3 aromatic rings. The third kappa shape index (κ3) is 3.86. The molecule has 2 aromatic heterocycles. The van der Waals surface area contributed by atoms with E-state index in [1.54, 1.807) is 18.2 Å². The lowest BCUT2D eigenvalue weighted by Gasteiger charge is -2.32. The van der Waals surface area contributed by atoms with Crippen LogP contribution in [0.4, 0.5) is 4.39 Å². The number of aromatic nitrogens is 2. The van der Waals surface area contributed by atoms with E-state index in [2.05, 4.69) is 4.98 Å². The Labute approximate surface area is 161 Å². The maximum atomic E-state index is 13.2. The second kappa shape index (κ2) is 7.76. The molecule has 0 saturated carbocycles. The summed E-state index contributed by atoms with van der Waals surface area (Å²) in [6.07, 6.45) is 3.30. The number of likely N-dealkylation sites (tertiary alicyclic amines) is 1. The third-order valence-electron chi connectivity index (χ3n) is 5.07. The Morgan fingerprint density at radius 3 is 2.68 bits per heavy atom. The van der Waals surface area contributed by atoms with Crippen molar-refractivity contribution in [3.63, 3.8) is 0 Å². The van der Waals surface area contributed by atoms with Crippen LogP contribution in [-0.4, -0.2) is 33.9 Å². The van der Waals surface area contributed by atoms with Gasteiger partial charge in [0.25, 0.3) is 5.91 Å². The zero-order chi connectivity index (χ0) is 19.5. The summed E-state index contributed by atoms with van der Waals surface area (Å²) in [5.74, 6) is -0.222. The van der Waals surface area contributed by atoms with Crippen LogP contribution in [0.3, 0.4) is 0 Å². The molecule has 1 saturated heterocycles. The highest BCUT2D eigenvalue weighted by Crippen LogP contribution is 2.28. The Kier molecular flexibility index (Phi) is 5.02. The topological polar surface area (TPSA) is 66.1 Å². The lowest BCUT2D eigenvalue weighted by Crippen LogP contribution is -2.39. The molecule has 1 aliphatic heterocycles. The van der Waals surface area contributed by atoms with Crippen LogP contribution in [0.1, 0.15) is 34.8 Å². The van der Waals surface area contributed by atoms with Crippen LogP contribution in [0.2, 0.25) is 0 Å². The van der Waals surface area contributed by atoms with Crippen LogP contribution >= 0.6 is 0 Å². The number of benzene rings is 1. The molecule has 1 aromatic carbocycles. The van der Waals surface area contributed by atoms with Gasteiger partial charge < -0.3 is 9.88 Å². The van der Waals surface area contributed by atoms with Crippen molar-refractivity contribution in [3.8, 4) is 11.3 Å². The molecular weight excluding hydrogens is 357 g/mol. The number of amides is 1. The number of piperidine rings is 1. The monoisotopic (exact) mass is 377 g/mol. The average molecular weight is 377 g/mol. The molecule has 5 nitrogen and oxygen atoms in total. The van der Waals surface area contributed by atoms with Gasteiger partial charge in [0, 0.05) is 42.5 Å². The van der Waals surface area contributed by atoms with E-state index >= 15 is 0 Å². The first-order valence-electron chi connectivity index (χ1n) is 9.31. The Hall–Kier alpha value is -3.28. The fourth-order valence-electron chi connectivity index (χ4n) is 3.59. The van der Waals surface area contributed by atoms with Gasteiger partial charge in [-0.05, 0) is 55.3 Å². The second-order valence-electron chi connectivity index (χ2n) is 6.99. The predicted molar refractivity (Wildman–Crippen MR) is 105 cm³/mol. The minimum Gasteiger partial charge on any atom is -0.338 e. The molecule has 6 heteroatoms. The van der Waals surface area contributed by atoms with E-state index in [0.717, 1.165) is 29.8 Å². The molecule has 0 radical (unpaired) electrons. The van der Waals surface area contributed by atoms with E-state index in [1.165, 1.54) is 24.4 Å². The van der Waals surface area contributed by atoms with E-state index in [-0.39, 0.29) is 23.2 Å². The lowest BCUT2D eigenvalue weighted by atomic mass is 9.93. The van der Waals surface area contributed by atoms with Gasteiger partial charge in [-0.2, -0.15) is 0 Å². The van der Waals surface area contributed by atoms with Crippen LogP contribution in [0, 0.1) is 5.82 Å².